The third-order valence-electron chi connectivity index (χ3n) is 4.90. The van der Waals surface area contributed by atoms with E-state index in [1.165, 1.54) is 10.8 Å². The van der Waals surface area contributed by atoms with Crippen LogP contribution in [0.4, 0.5) is 0 Å². The molecule has 0 aliphatic rings. The Kier molecular flexibility index (Phi) is 3.48. The number of hydrogen-bond donors (Lipinski definition) is 0. The lowest BCUT2D eigenvalue weighted by Gasteiger charge is -2.13. The van der Waals surface area contributed by atoms with Crippen molar-refractivity contribution in [2.75, 3.05) is 0 Å². The van der Waals surface area contributed by atoms with Crippen LogP contribution in [0.3, 0.4) is 0 Å². The van der Waals surface area contributed by atoms with E-state index >= 15 is 0 Å². The van der Waals surface area contributed by atoms with Crippen LogP contribution < -0.4 is 0 Å². The molecule has 0 saturated carbocycles. The summed E-state index contributed by atoms with van der Waals surface area (Å²) in [6.07, 6.45) is 3.40. The Morgan fingerprint density at radius 2 is 1.37 bits per heavy atom. The summed E-state index contributed by atoms with van der Waals surface area (Å²) in [5.41, 5.74) is 5.95. The molecule has 0 aliphatic carbocycles. The van der Waals surface area contributed by atoms with E-state index in [4.69, 9.17) is 0 Å². The zero-order chi connectivity index (χ0) is 18.2. The van der Waals surface area contributed by atoms with Crippen molar-refractivity contribution in [3.05, 3.63) is 96.8 Å². The van der Waals surface area contributed by atoms with Crippen LogP contribution in [0.2, 0.25) is 0 Å². The molecule has 0 radical (unpaired) electrons. The minimum Gasteiger partial charge on any atom is -0.309 e. The van der Waals surface area contributed by atoms with Gasteiger partial charge in [0.2, 0.25) is 0 Å². The van der Waals surface area contributed by atoms with Gasteiger partial charge in [-0.1, -0.05) is 54.6 Å². The van der Waals surface area contributed by atoms with Crippen LogP contribution in [-0.4, -0.2) is 9.55 Å². The molecular weight excluding hydrogens is 330 g/mol. The molecule has 0 atom stereocenters. The summed E-state index contributed by atoms with van der Waals surface area (Å²) in [7, 11) is 0. The Balaban J connectivity index is 1.88. The molecule has 0 saturated heterocycles. The maximum absolute atomic E-state index is 9.25. The van der Waals surface area contributed by atoms with Crippen LogP contribution in [0.15, 0.2) is 91.3 Å². The third-order valence-corrected chi connectivity index (χ3v) is 4.90. The van der Waals surface area contributed by atoms with E-state index in [2.05, 4.69) is 76.3 Å². The third kappa shape index (κ3) is 2.39. The smallest absolute Gasteiger partial charge is 0.101 e. The molecule has 0 amide bonds. The number of nitriles is 1. The van der Waals surface area contributed by atoms with E-state index < -0.39 is 0 Å². The summed E-state index contributed by atoms with van der Waals surface area (Å²) in [6.45, 7) is 0. The van der Waals surface area contributed by atoms with Crippen LogP contribution in [0, 0.1) is 11.3 Å². The van der Waals surface area contributed by atoms with Gasteiger partial charge in [-0.25, -0.2) is 0 Å². The summed E-state index contributed by atoms with van der Waals surface area (Å²) in [6, 6.07) is 29.2. The molecule has 0 fully saturated rings. The summed E-state index contributed by atoms with van der Waals surface area (Å²) in [5.74, 6) is 0. The zero-order valence-corrected chi connectivity index (χ0v) is 14.5. The van der Waals surface area contributed by atoms with Gasteiger partial charge in [-0.05, 0) is 24.3 Å². The second kappa shape index (κ2) is 6.12. The minimum atomic E-state index is 0.560. The standard InChI is InChI=1S/C24H15N3/c25-14-17-13-18(16-26-15-17)19-7-1-4-10-22(19)27-23-11-5-2-8-20(23)21-9-3-6-12-24(21)27/h1-13,15-16H. The van der Waals surface area contributed by atoms with Crippen LogP contribution >= 0.6 is 0 Å². The number of para-hydroxylation sites is 3. The first-order valence-electron chi connectivity index (χ1n) is 8.80. The van der Waals surface area contributed by atoms with Crippen molar-refractivity contribution in [1.82, 2.24) is 9.55 Å². The molecule has 5 aromatic rings. The second-order valence-electron chi connectivity index (χ2n) is 6.46. The predicted molar refractivity (Wildman–Crippen MR) is 109 cm³/mol. The largest absolute Gasteiger partial charge is 0.309 e. The Labute approximate surface area is 156 Å². The first kappa shape index (κ1) is 15.4. The lowest BCUT2D eigenvalue weighted by atomic mass is 10.0. The molecule has 0 spiro atoms. The average Bonchev–Trinajstić information content (AvgIpc) is 3.08. The van der Waals surface area contributed by atoms with Gasteiger partial charge < -0.3 is 4.57 Å². The molecule has 3 nitrogen and oxygen atoms in total. The average molecular weight is 345 g/mol. The minimum absolute atomic E-state index is 0.560. The summed E-state index contributed by atoms with van der Waals surface area (Å²) < 4.78 is 2.29. The highest BCUT2D eigenvalue weighted by Crippen LogP contribution is 2.35. The van der Waals surface area contributed by atoms with Crippen LogP contribution in [0.1, 0.15) is 5.56 Å². The Bertz CT molecular complexity index is 1290. The van der Waals surface area contributed by atoms with E-state index in [0.717, 1.165) is 27.8 Å². The van der Waals surface area contributed by atoms with Gasteiger partial charge >= 0.3 is 0 Å². The first-order chi connectivity index (χ1) is 13.4. The van der Waals surface area contributed by atoms with Crippen molar-refractivity contribution in [2.45, 2.75) is 0 Å². The normalized spacial score (nSPS) is 10.9. The van der Waals surface area contributed by atoms with Gasteiger partial charge in [0.25, 0.3) is 0 Å². The lowest BCUT2D eigenvalue weighted by molar-refractivity contribution is 1.18. The van der Waals surface area contributed by atoms with Gasteiger partial charge in [0.1, 0.15) is 6.07 Å². The van der Waals surface area contributed by atoms with Gasteiger partial charge in [0.15, 0.2) is 0 Å². The SMILES string of the molecule is N#Cc1cncc(-c2ccccc2-n2c3ccccc3c3ccccc32)c1. The molecule has 0 N–H and O–H groups in total. The van der Waals surface area contributed by atoms with Crippen LogP contribution in [0.25, 0.3) is 38.6 Å². The zero-order valence-electron chi connectivity index (χ0n) is 14.5. The Morgan fingerprint density at radius 1 is 0.741 bits per heavy atom. The quantitative estimate of drug-likeness (QED) is 0.411. The summed E-state index contributed by atoms with van der Waals surface area (Å²) in [4.78, 5) is 4.25. The molecule has 2 aromatic heterocycles. The van der Waals surface area contributed by atoms with Gasteiger partial charge in [0.05, 0.1) is 22.3 Å². The molecular formula is C24H15N3. The number of pyridine rings is 1. The number of hydrogen-bond acceptors (Lipinski definition) is 2. The van der Waals surface area contributed by atoms with Gasteiger partial charge in [-0.15, -0.1) is 0 Å². The van der Waals surface area contributed by atoms with Crippen molar-refractivity contribution >= 4 is 21.8 Å². The van der Waals surface area contributed by atoms with Crippen molar-refractivity contribution in [2.24, 2.45) is 0 Å². The number of aromatic nitrogens is 2. The fourth-order valence-electron chi connectivity index (χ4n) is 3.74. The number of rotatable bonds is 2. The Hall–Kier alpha value is -3.90. The van der Waals surface area contributed by atoms with E-state index in [9.17, 15) is 5.26 Å². The fourth-order valence-corrected chi connectivity index (χ4v) is 3.74. The van der Waals surface area contributed by atoms with Crippen molar-refractivity contribution in [3.63, 3.8) is 0 Å². The molecule has 0 unspecified atom stereocenters. The van der Waals surface area contributed by atoms with Crippen LogP contribution in [-0.2, 0) is 0 Å². The number of nitrogens with zero attached hydrogens (tertiary/aromatic N) is 3. The first-order valence-corrected chi connectivity index (χ1v) is 8.80. The molecule has 27 heavy (non-hydrogen) atoms. The number of fused-ring (bicyclic) bond motifs is 3. The van der Waals surface area contributed by atoms with Crippen LogP contribution in [0.5, 0.6) is 0 Å². The van der Waals surface area contributed by atoms with E-state index in [0.29, 0.717) is 5.56 Å². The maximum Gasteiger partial charge on any atom is 0.101 e. The lowest BCUT2D eigenvalue weighted by Crippen LogP contribution is -1.97. The molecule has 5 rings (SSSR count). The molecule has 3 aromatic carbocycles. The number of benzene rings is 3. The molecule has 3 heteroatoms. The Morgan fingerprint density at radius 3 is 2.07 bits per heavy atom. The monoisotopic (exact) mass is 345 g/mol. The van der Waals surface area contributed by atoms with Gasteiger partial charge in [-0.3, -0.25) is 4.98 Å². The van der Waals surface area contributed by atoms with Gasteiger partial charge in [-0.2, -0.15) is 5.26 Å². The highest BCUT2D eigenvalue weighted by molar-refractivity contribution is 6.09. The predicted octanol–water partition coefficient (Wildman–Crippen LogP) is 5.72. The highest BCUT2D eigenvalue weighted by Gasteiger charge is 2.14. The molecule has 0 aliphatic heterocycles. The van der Waals surface area contributed by atoms with Crippen molar-refractivity contribution in [3.8, 4) is 22.9 Å². The van der Waals surface area contributed by atoms with Crippen molar-refractivity contribution < 1.29 is 0 Å². The fraction of sp³-hybridized carbons (Fsp3) is 0. The topological polar surface area (TPSA) is 41.6 Å². The van der Waals surface area contributed by atoms with E-state index in [-0.39, 0.29) is 0 Å². The second-order valence-corrected chi connectivity index (χ2v) is 6.46. The summed E-state index contributed by atoms with van der Waals surface area (Å²) in [5, 5.41) is 11.7. The van der Waals surface area contributed by atoms with E-state index in [1.807, 2.05) is 24.4 Å². The highest BCUT2D eigenvalue weighted by atomic mass is 15.0. The molecule has 126 valence electrons. The van der Waals surface area contributed by atoms with Gasteiger partial charge in [0, 0.05) is 34.3 Å². The molecule has 0 bridgehead atoms. The maximum atomic E-state index is 9.25. The van der Waals surface area contributed by atoms with Crippen molar-refractivity contribution in [1.29, 1.82) is 5.26 Å². The summed E-state index contributed by atoms with van der Waals surface area (Å²) >= 11 is 0. The molecule has 2 heterocycles. The van der Waals surface area contributed by atoms with E-state index in [1.54, 1.807) is 6.20 Å².